The quantitative estimate of drug-likeness (QED) is 0.692. The van der Waals surface area contributed by atoms with Gasteiger partial charge in [-0.3, -0.25) is 0 Å². The topological polar surface area (TPSA) is 48.0 Å². The molecule has 5 nitrogen and oxygen atoms in total. The summed E-state index contributed by atoms with van der Waals surface area (Å²) in [6, 6.07) is 0.124. The fraction of sp³-hybridized carbons (Fsp3) is 0.824. The van der Waals surface area contributed by atoms with Gasteiger partial charge in [-0.05, 0) is 61.8 Å². The van der Waals surface area contributed by atoms with Crippen molar-refractivity contribution in [3.05, 3.63) is 11.5 Å². The van der Waals surface area contributed by atoms with E-state index in [4.69, 9.17) is 14.0 Å². The number of carbonyl (C=O) groups is 1. The van der Waals surface area contributed by atoms with Gasteiger partial charge in [0, 0.05) is 12.6 Å². The molecule has 2 rings (SSSR count). The molecule has 2 aliphatic rings. The second kappa shape index (κ2) is 5.81. The molecule has 0 spiro atoms. The van der Waals surface area contributed by atoms with Crippen LogP contribution in [-0.2, 0) is 14.0 Å². The third-order valence-corrected chi connectivity index (χ3v) is 4.73. The fourth-order valence-corrected chi connectivity index (χ4v) is 2.76. The summed E-state index contributed by atoms with van der Waals surface area (Å²) < 4.78 is 17.5. The molecule has 2 heterocycles. The Labute approximate surface area is 140 Å². The van der Waals surface area contributed by atoms with Crippen LogP contribution in [0, 0.1) is 0 Å². The normalized spacial score (nSPS) is 28.5. The molecule has 0 N–H and O–H groups in total. The molecule has 0 aromatic heterocycles. The summed E-state index contributed by atoms with van der Waals surface area (Å²) in [6.45, 7) is 16.4. The molecule has 0 saturated carbocycles. The van der Waals surface area contributed by atoms with Gasteiger partial charge in [0.25, 0.3) is 0 Å². The Kier molecular flexibility index (Phi) is 4.64. The van der Waals surface area contributed by atoms with Crippen LogP contribution in [0.5, 0.6) is 0 Å². The Hall–Kier alpha value is -1.01. The maximum Gasteiger partial charge on any atom is 0.487 e. The predicted molar refractivity (Wildman–Crippen MR) is 91.2 cm³/mol. The molecule has 130 valence electrons. The summed E-state index contributed by atoms with van der Waals surface area (Å²) in [7, 11) is -0.360. The summed E-state index contributed by atoms with van der Waals surface area (Å²) in [4.78, 5) is 14.0. The van der Waals surface area contributed by atoms with Crippen LogP contribution in [0.4, 0.5) is 4.79 Å². The van der Waals surface area contributed by atoms with E-state index in [1.807, 2.05) is 61.4 Å². The van der Waals surface area contributed by atoms with Crippen molar-refractivity contribution in [2.75, 3.05) is 6.54 Å². The van der Waals surface area contributed by atoms with Crippen molar-refractivity contribution in [1.29, 1.82) is 0 Å². The maximum absolute atomic E-state index is 12.3. The van der Waals surface area contributed by atoms with Crippen LogP contribution >= 0.6 is 0 Å². The summed E-state index contributed by atoms with van der Waals surface area (Å²) in [6.07, 6.45) is 0.561. The summed E-state index contributed by atoms with van der Waals surface area (Å²) in [5, 5.41) is 0. The Morgan fingerprint density at radius 2 is 1.78 bits per heavy atom. The van der Waals surface area contributed by atoms with Crippen molar-refractivity contribution in [2.24, 2.45) is 0 Å². The van der Waals surface area contributed by atoms with Crippen molar-refractivity contribution >= 4 is 13.2 Å². The highest BCUT2D eigenvalue weighted by Gasteiger charge is 2.50. The lowest BCUT2D eigenvalue weighted by Crippen LogP contribution is -2.41. The second-order valence-electron chi connectivity index (χ2n) is 8.61. The Morgan fingerprint density at radius 1 is 1.26 bits per heavy atom. The highest BCUT2D eigenvalue weighted by molar-refractivity contribution is 6.51. The van der Waals surface area contributed by atoms with E-state index in [0.717, 1.165) is 12.0 Å². The third-order valence-electron chi connectivity index (χ3n) is 4.73. The number of hydrogen-bond donors (Lipinski definition) is 0. The van der Waals surface area contributed by atoms with Crippen molar-refractivity contribution in [1.82, 2.24) is 4.90 Å². The first-order valence-corrected chi connectivity index (χ1v) is 8.35. The molecule has 23 heavy (non-hydrogen) atoms. The van der Waals surface area contributed by atoms with Gasteiger partial charge in [0.15, 0.2) is 0 Å². The summed E-state index contributed by atoms with van der Waals surface area (Å²) in [5.74, 6) is 2.01. The number of likely N-dealkylation sites (tertiary alicyclic amines) is 1. The molecule has 6 heteroatoms. The van der Waals surface area contributed by atoms with Crippen LogP contribution in [0.3, 0.4) is 0 Å². The molecule has 0 aromatic carbocycles. The minimum atomic E-state index is -0.477. The third kappa shape index (κ3) is 4.10. The van der Waals surface area contributed by atoms with Crippen LogP contribution in [0.2, 0.25) is 0 Å². The van der Waals surface area contributed by atoms with E-state index in [2.05, 4.69) is 0 Å². The van der Waals surface area contributed by atoms with Crippen molar-refractivity contribution < 1.29 is 18.8 Å². The SMILES string of the molecule is C[C@H]1CC(=CB2OC(C)(C)C(C)(C)O2)CN1C(=O)OC(C)(C)C. The van der Waals surface area contributed by atoms with Crippen LogP contribution in [0.1, 0.15) is 61.8 Å². The van der Waals surface area contributed by atoms with E-state index >= 15 is 0 Å². The van der Waals surface area contributed by atoms with Crippen LogP contribution in [0.15, 0.2) is 11.5 Å². The number of carbonyl (C=O) groups excluding carboxylic acids is 1. The van der Waals surface area contributed by atoms with Crippen LogP contribution in [-0.4, -0.2) is 47.5 Å². The Bertz CT molecular complexity index is 491. The lowest BCUT2D eigenvalue weighted by atomic mass is 9.86. The highest BCUT2D eigenvalue weighted by atomic mass is 16.7. The van der Waals surface area contributed by atoms with Crippen molar-refractivity contribution in [2.45, 2.75) is 84.7 Å². The van der Waals surface area contributed by atoms with Gasteiger partial charge < -0.3 is 18.9 Å². The molecule has 0 radical (unpaired) electrons. The largest absolute Gasteiger partial charge is 0.487 e. The zero-order valence-corrected chi connectivity index (χ0v) is 15.7. The van der Waals surface area contributed by atoms with Gasteiger partial charge in [0.2, 0.25) is 0 Å². The van der Waals surface area contributed by atoms with Gasteiger partial charge in [-0.2, -0.15) is 0 Å². The summed E-state index contributed by atoms with van der Waals surface area (Å²) >= 11 is 0. The van der Waals surface area contributed by atoms with Crippen LogP contribution < -0.4 is 0 Å². The molecule has 0 unspecified atom stereocenters. The molecular formula is C17H30BNO4. The minimum Gasteiger partial charge on any atom is -0.444 e. The van der Waals surface area contributed by atoms with Gasteiger partial charge in [-0.15, -0.1) is 0 Å². The lowest BCUT2D eigenvalue weighted by Gasteiger charge is -2.32. The number of hydrogen-bond acceptors (Lipinski definition) is 4. The fourth-order valence-electron chi connectivity index (χ4n) is 2.76. The second-order valence-corrected chi connectivity index (χ2v) is 8.61. The molecule has 0 bridgehead atoms. The van der Waals surface area contributed by atoms with Crippen molar-refractivity contribution in [3.8, 4) is 0 Å². The molecule has 2 aliphatic heterocycles. The van der Waals surface area contributed by atoms with Crippen molar-refractivity contribution in [3.63, 3.8) is 0 Å². The van der Waals surface area contributed by atoms with Gasteiger partial charge in [0.05, 0.1) is 11.2 Å². The number of amides is 1. The first-order valence-electron chi connectivity index (χ1n) is 8.35. The maximum atomic E-state index is 12.3. The molecular weight excluding hydrogens is 293 g/mol. The molecule has 0 aromatic rings. The zero-order chi connectivity index (χ0) is 17.6. The standard InChI is InChI=1S/C17H30BNO4/c1-12-9-13(11-19(12)14(20)21-15(2,3)4)10-18-22-16(5,6)17(7,8)23-18/h10,12H,9,11H2,1-8H3/t12-/m0/s1. The van der Waals surface area contributed by atoms with Crippen LogP contribution in [0.25, 0.3) is 0 Å². The average Bonchev–Trinajstić information content (AvgIpc) is 2.74. The first kappa shape index (κ1) is 18.3. The van der Waals surface area contributed by atoms with E-state index < -0.39 is 5.60 Å². The monoisotopic (exact) mass is 323 g/mol. The minimum absolute atomic E-state index is 0.124. The van der Waals surface area contributed by atoms with E-state index in [1.165, 1.54) is 0 Å². The van der Waals surface area contributed by atoms with E-state index in [9.17, 15) is 4.79 Å². The van der Waals surface area contributed by atoms with E-state index in [0.29, 0.717) is 6.54 Å². The zero-order valence-electron chi connectivity index (χ0n) is 15.7. The molecule has 0 aliphatic carbocycles. The highest BCUT2D eigenvalue weighted by Crippen LogP contribution is 2.37. The van der Waals surface area contributed by atoms with Gasteiger partial charge in [0.1, 0.15) is 5.60 Å². The Morgan fingerprint density at radius 3 is 2.26 bits per heavy atom. The van der Waals surface area contributed by atoms with Gasteiger partial charge in [-0.1, -0.05) is 11.5 Å². The molecule has 2 saturated heterocycles. The van der Waals surface area contributed by atoms with Gasteiger partial charge in [-0.25, -0.2) is 4.79 Å². The number of rotatable bonds is 1. The number of ether oxygens (including phenoxy) is 1. The predicted octanol–water partition coefficient (Wildman–Crippen LogP) is 3.57. The number of nitrogens with zero attached hydrogens (tertiary/aromatic N) is 1. The smallest absolute Gasteiger partial charge is 0.444 e. The summed E-state index contributed by atoms with van der Waals surface area (Å²) in [5.41, 5.74) is -0.00960. The van der Waals surface area contributed by atoms with E-state index in [1.54, 1.807) is 4.90 Å². The Balaban J connectivity index is 2.03. The first-order chi connectivity index (χ1) is 10.3. The average molecular weight is 323 g/mol. The van der Waals surface area contributed by atoms with Gasteiger partial charge >= 0.3 is 13.2 Å². The lowest BCUT2D eigenvalue weighted by molar-refractivity contribution is 0.00578. The molecule has 2 fully saturated rings. The molecule has 1 atom stereocenters. The molecule has 1 amide bonds. The van der Waals surface area contributed by atoms with E-state index in [-0.39, 0.29) is 30.5 Å².